The van der Waals surface area contributed by atoms with Gasteiger partial charge in [-0.1, -0.05) is 40.2 Å². The normalized spacial score (nSPS) is 10.0. The number of nitro benzene ring substituents is 1. The molecule has 0 bridgehead atoms. The van der Waals surface area contributed by atoms with Crippen LogP contribution >= 0.6 is 15.9 Å². The number of rotatable bonds is 6. The fourth-order valence-corrected chi connectivity index (χ4v) is 2.24. The second-order valence-electron chi connectivity index (χ2n) is 4.74. The van der Waals surface area contributed by atoms with Gasteiger partial charge in [0.1, 0.15) is 13.2 Å². The lowest BCUT2D eigenvalue weighted by molar-refractivity contribution is -0.384. The highest BCUT2D eigenvalue weighted by Crippen LogP contribution is 2.16. The Morgan fingerprint density at radius 2 is 1.92 bits per heavy atom. The van der Waals surface area contributed by atoms with Gasteiger partial charge in [-0.15, -0.1) is 0 Å². The van der Waals surface area contributed by atoms with Gasteiger partial charge in [0.05, 0.1) is 4.92 Å². The van der Waals surface area contributed by atoms with Crippen LogP contribution in [0.5, 0.6) is 0 Å². The molecule has 0 spiro atoms. The molecule has 0 atom stereocenters. The molecule has 0 aliphatic rings. The van der Waals surface area contributed by atoms with Crippen molar-refractivity contribution in [3.63, 3.8) is 0 Å². The van der Waals surface area contributed by atoms with Gasteiger partial charge < -0.3 is 10.1 Å². The van der Waals surface area contributed by atoms with E-state index in [9.17, 15) is 19.7 Å². The minimum absolute atomic E-state index is 0.0763. The van der Waals surface area contributed by atoms with Gasteiger partial charge >= 0.3 is 5.97 Å². The predicted octanol–water partition coefficient (Wildman–Crippen LogP) is 2.83. The number of nitrogens with one attached hydrogen (secondary N) is 1. The number of non-ortho nitro benzene ring substituents is 1. The molecule has 0 heterocycles. The number of ether oxygens (including phenoxy) is 1. The van der Waals surface area contributed by atoms with E-state index in [0.29, 0.717) is 0 Å². The molecule has 0 saturated heterocycles. The monoisotopic (exact) mass is 392 g/mol. The third kappa shape index (κ3) is 4.88. The van der Waals surface area contributed by atoms with E-state index in [1.165, 1.54) is 18.2 Å². The van der Waals surface area contributed by atoms with Crippen molar-refractivity contribution in [1.82, 2.24) is 5.32 Å². The summed E-state index contributed by atoms with van der Waals surface area (Å²) in [4.78, 5) is 33.7. The molecule has 0 aliphatic heterocycles. The van der Waals surface area contributed by atoms with E-state index in [1.54, 1.807) is 6.07 Å². The van der Waals surface area contributed by atoms with Crippen LogP contribution in [0, 0.1) is 10.1 Å². The molecule has 0 radical (unpaired) electrons. The molecule has 1 N–H and O–H groups in total. The Labute approximate surface area is 145 Å². The quantitative estimate of drug-likeness (QED) is 0.462. The molecule has 124 valence electrons. The molecule has 0 aromatic heterocycles. The SMILES string of the molecule is O=C(CNC(=O)c1cccc([N+](=O)[O-])c1)OCc1ccccc1Br. The lowest BCUT2D eigenvalue weighted by atomic mass is 10.2. The largest absolute Gasteiger partial charge is 0.459 e. The molecule has 7 nitrogen and oxygen atoms in total. The molecule has 2 rings (SSSR count). The minimum Gasteiger partial charge on any atom is -0.459 e. The number of hydrogen-bond acceptors (Lipinski definition) is 5. The van der Waals surface area contributed by atoms with Crippen LogP contribution in [0.1, 0.15) is 15.9 Å². The smallest absolute Gasteiger partial charge is 0.325 e. The van der Waals surface area contributed by atoms with E-state index in [0.717, 1.165) is 16.1 Å². The van der Waals surface area contributed by atoms with Gasteiger partial charge in [-0.05, 0) is 12.1 Å². The van der Waals surface area contributed by atoms with Crippen molar-refractivity contribution in [2.45, 2.75) is 6.61 Å². The number of halogens is 1. The summed E-state index contributed by atoms with van der Waals surface area (Å²) >= 11 is 3.34. The van der Waals surface area contributed by atoms with Crippen molar-refractivity contribution in [1.29, 1.82) is 0 Å². The second-order valence-corrected chi connectivity index (χ2v) is 5.60. The maximum absolute atomic E-state index is 11.9. The zero-order valence-electron chi connectivity index (χ0n) is 12.4. The van der Waals surface area contributed by atoms with Crippen molar-refractivity contribution in [3.05, 3.63) is 74.2 Å². The van der Waals surface area contributed by atoms with Crippen LogP contribution in [0.2, 0.25) is 0 Å². The maximum atomic E-state index is 11.9. The van der Waals surface area contributed by atoms with Gasteiger partial charge in [-0.2, -0.15) is 0 Å². The van der Waals surface area contributed by atoms with Gasteiger partial charge in [0, 0.05) is 27.7 Å². The topological polar surface area (TPSA) is 98.5 Å². The highest BCUT2D eigenvalue weighted by atomic mass is 79.9. The molecule has 1 amide bonds. The Balaban J connectivity index is 1.85. The average Bonchev–Trinajstić information content (AvgIpc) is 2.59. The fraction of sp³-hybridized carbons (Fsp3) is 0.125. The first kappa shape index (κ1) is 17.6. The van der Waals surface area contributed by atoms with E-state index < -0.39 is 16.8 Å². The Morgan fingerprint density at radius 1 is 1.17 bits per heavy atom. The van der Waals surface area contributed by atoms with Crippen LogP contribution in [0.4, 0.5) is 5.69 Å². The van der Waals surface area contributed by atoms with Crippen molar-refractivity contribution in [3.8, 4) is 0 Å². The number of carbonyl (C=O) groups is 2. The van der Waals surface area contributed by atoms with E-state index in [-0.39, 0.29) is 24.4 Å². The highest BCUT2D eigenvalue weighted by Gasteiger charge is 2.13. The number of benzene rings is 2. The molecule has 0 aliphatic carbocycles. The number of hydrogen-bond donors (Lipinski definition) is 1. The van der Waals surface area contributed by atoms with Crippen LogP contribution in [-0.4, -0.2) is 23.3 Å². The summed E-state index contributed by atoms with van der Waals surface area (Å²) in [6, 6.07) is 12.5. The summed E-state index contributed by atoms with van der Waals surface area (Å²) in [6.07, 6.45) is 0. The first-order valence-corrected chi connectivity index (χ1v) is 7.68. The molecular weight excluding hydrogens is 380 g/mol. The van der Waals surface area contributed by atoms with Crippen LogP contribution in [-0.2, 0) is 16.1 Å². The fourth-order valence-electron chi connectivity index (χ4n) is 1.84. The number of nitro groups is 1. The third-order valence-corrected chi connectivity index (χ3v) is 3.83. The van der Waals surface area contributed by atoms with Crippen molar-refractivity contribution < 1.29 is 19.2 Å². The van der Waals surface area contributed by atoms with Crippen LogP contribution in [0.15, 0.2) is 53.0 Å². The summed E-state index contributed by atoms with van der Waals surface area (Å²) in [5.74, 6) is -1.19. The summed E-state index contributed by atoms with van der Waals surface area (Å²) in [5, 5.41) is 13.1. The summed E-state index contributed by atoms with van der Waals surface area (Å²) in [7, 11) is 0. The molecule has 2 aromatic carbocycles. The first-order chi connectivity index (χ1) is 11.5. The summed E-state index contributed by atoms with van der Waals surface area (Å²) < 4.78 is 5.88. The highest BCUT2D eigenvalue weighted by molar-refractivity contribution is 9.10. The lowest BCUT2D eigenvalue weighted by Gasteiger charge is -2.08. The van der Waals surface area contributed by atoms with Gasteiger partial charge in [0.15, 0.2) is 0 Å². The summed E-state index contributed by atoms with van der Waals surface area (Å²) in [5.41, 5.74) is 0.706. The maximum Gasteiger partial charge on any atom is 0.325 e. The van der Waals surface area contributed by atoms with Gasteiger partial charge in [-0.3, -0.25) is 19.7 Å². The molecule has 0 unspecified atom stereocenters. The second kappa shape index (κ2) is 8.21. The van der Waals surface area contributed by atoms with E-state index in [4.69, 9.17) is 4.74 Å². The standard InChI is InChI=1S/C16H13BrN2O5/c17-14-7-2-1-4-12(14)10-24-15(20)9-18-16(21)11-5-3-6-13(8-11)19(22)23/h1-8H,9-10H2,(H,18,21). The Morgan fingerprint density at radius 3 is 2.62 bits per heavy atom. The molecule has 2 aromatic rings. The molecule has 8 heteroatoms. The Bertz CT molecular complexity index is 779. The van der Waals surface area contributed by atoms with Gasteiger partial charge in [0.2, 0.25) is 0 Å². The van der Waals surface area contributed by atoms with E-state index >= 15 is 0 Å². The van der Waals surface area contributed by atoms with Crippen LogP contribution < -0.4 is 5.32 Å². The number of nitrogens with zero attached hydrogens (tertiary/aromatic N) is 1. The Hall–Kier alpha value is -2.74. The molecule has 0 saturated carbocycles. The number of amides is 1. The minimum atomic E-state index is -0.607. The summed E-state index contributed by atoms with van der Waals surface area (Å²) in [6.45, 7) is -0.251. The van der Waals surface area contributed by atoms with Gasteiger partial charge in [0.25, 0.3) is 11.6 Å². The third-order valence-electron chi connectivity index (χ3n) is 3.06. The van der Waals surface area contributed by atoms with Crippen molar-refractivity contribution in [2.24, 2.45) is 0 Å². The molecule has 0 fully saturated rings. The predicted molar refractivity (Wildman–Crippen MR) is 89.4 cm³/mol. The first-order valence-electron chi connectivity index (χ1n) is 6.89. The lowest BCUT2D eigenvalue weighted by Crippen LogP contribution is -2.30. The molecular formula is C16H13BrN2O5. The molecule has 24 heavy (non-hydrogen) atoms. The number of esters is 1. The van der Waals surface area contributed by atoms with Crippen molar-refractivity contribution in [2.75, 3.05) is 6.54 Å². The van der Waals surface area contributed by atoms with Crippen LogP contribution in [0.25, 0.3) is 0 Å². The number of carbonyl (C=O) groups excluding carboxylic acids is 2. The average molecular weight is 393 g/mol. The zero-order valence-corrected chi connectivity index (χ0v) is 14.0. The van der Waals surface area contributed by atoms with E-state index in [2.05, 4.69) is 21.2 Å². The van der Waals surface area contributed by atoms with Crippen LogP contribution in [0.3, 0.4) is 0 Å². The van der Waals surface area contributed by atoms with Crippen molar-refractivity contribution >= 4 is 33.5 Å². The zero-order chi connectivity index (χ0) is 17.5. The van der Waals surface area contributed by atoms with Gasteiger partial charge in [-0.25, -0.2) is 0 Å². The van der Waals surface area contributed by atoms with E-state index in [1.807, 2.05) is 18.2 Å². The Kier molecular flexibility index (Phi) is 6.02.